The molecule has 1 fully saturated rings. The Kier molecular flexibility index (Phi) is 3.44. The fourth-order valence-electron chi connectivity index (χ4n) is 2.36. The molecule has 0 aliphatic heterocycles. The average Bonchev–Trinajstić information content (AvgIpc) is 2.23. The second-order valence-corrected chi connectivity index (χ2v) is 4.58. The first-order valence-corrected chi connectivity index (χ1v) is 5.91. The minimum Gasteiger partial charge on any atom is -0.370 e. The van der Waals surface area contributed by atoms with Crippen LogP contribution in [0.15, 0.2) is 24.3 Å². The first-order valence-electron chi connectivity index (χ1n) is 5.91. The summed E-state index contributed by atoms with van der Waals surface area (Å²) in [6.07, 6.45) is 3.86. The Morgan fingerprint density at radius 1 is 1.38 bits per heavy atom. The SMILES string of the molecule is CN(c1ccc(F)cc1)C(CN)C1CCC1. The van der Waals surface area contributed by atoms with Gasteiger partial charge in [0, 0.05) is 25.3 Å². The van der Waals surface area contributed by atoms with Gasteiger partial charge in [-0.2, -0.15) is 0 Å². The Hall–Kier alpha value is -1.09. The lowest BCUT2D eigenvalue weighted by atomic mass is 9.79. The van der Waals surface area contributed by atoms with Crippen LogP contribution < -0.4 is 10.6 Å². The quantitative estimate of drug-likeness (QED) is 0.847. The molecule has 1 unspecified atom stereocenters. The van der Waals surface area contributed by atoms with Gasteiger partial charge in [0.05, 0.1) is 0 Å². The summed E-state index contributed by atoms with van der Waals surface area (Å²) in [5.74, 6) is 0.519. The summed E-state index contributed by atoms with van der Waals surface area (Å²) in [5.41, 5.74) is 6.88. The molecule has 0 heterocycles. The summed E-state index contributed by atoms with van der Waals surface area (Å²) in [6, 6.07) is 7.02. The zero-order valence-electron chi connectivity index (χ0n) is 9.70. The monoisotopic (exact) mass is 222 g/mol. The van der Waals surface area contributed by atoms with E-state index in [0.717, 1.165) is 5.69 Å². The Bertz CT molecular complexity index is 332. The van der Waals surface area contributed by atoms with Crippen molar-refractivity contribution in [3.63, 3.8) is 0 Å². The first-order chi connectivity index (χ1) is 7.72. The zero-order valence-corrected chi connectivity index (χ0v) is 9.70. The molecule has 1 aromatic carbocycles. The van der Waals surface area contributed by atoms with Gasteiger partial charge in [-0.3, -0.25) is 0 Å². The number of likely N-dealkylation sites (N-methyl/N-ethyl adjacent to an activating group) is 1. The van der Waals surface area contributed by atoms with E-state index in [9.17, 15) is 4.39 Å². The fraction of sp³-hybridized carbons (Fsp3) is 0.538. The summed E-state index contributed by atoms with van der Waals surface area (Å²) in [6.45, 7) is 0.665. The molecular weight excluding hydrogens is 203 g/mol. The summed E-state index contributed by atoms with van der Waals surface area (Å²) >= 11 is 0. The molecule has 1 atom stereocenters. The molecule has 1 aliphatic rings. The number of nitrogens with two attached hydrogens (primary N) is 1. The van der Waals surface area contributed by atoms with Crippen LogP contribution in [-0.4, -0.2) is 19.6 Å². The van der Waals surface area contributed by atoms with Crippen molar-refractivity contribution >= 4 is 5.69 Å². The van der Waals surface area contributed by atoms with Crippen LogP contribution >= 0.6 is 0 Å². The predicted octanol–water partition coefficient (Wildman–Crippen LogP) is 2.39. The zero-order chi connectivity index (χ0) is 11.5. The van der Waals surface area contributed by atoms with Crippen LogP contribution in [0, 0.1) is 11.7 Å². The van der Waals surface area contributed by atoms with Crippen LogP contribution in [-0.2, 0) is 0 Å². The topological polar surface area (TPSA) is 29.3 Å². The molecule has 88 valence electrons. The number of hydrogen-bond donors (Lipinski definition) is 1. The lowest BCUT2D eigenvalue weighted by Crippen LogP contribution is -2.46. The van der Waals surface area contributed by atoms with E-state index in [2.05, 4.69) is 4.90 Å². The Morgan fingerprint density at radius 3 is 2.44 bits per heavy atom. The van der Waals surface area contributed by atoms with Crippen molar-refractivity contribution in [2.75, 3.05) is 18.5 Å². The molecule has 2 nitrogen and oxygen atoms in total. The van der Waals surface area contributed by atoms with E-state index in [0.29, 0.717) is 18.5 Å². The highest BCUT2D eigenvalue weighted by Crippen LogP contribution is 2.33. The van der Waals surface area contributed by atoms with Crippen LogP contribution in [0.25, 0.3) is 0 Å². The van der Waals surface area contributed by atoms with E-state index < -0.39 is 0 Å². The minimum atomic E-state index is -0.190. The van der Waals surface area contributed by atoms with Crippen molar-refractivity contribution in [3.05, 3.63) is 30.1 Å². The van der Waals surface area contributed by atoms with Crippen molar-refractivity contribution in [1.82, 2.24) is 0 Å². The second kappa shape index (κ2) is 4.83. The molecule has 2 N–H and O–H groups in total. The van der Waals surface area contributed by atoms with Crippen molar-refractivity contribution in [3.8, 4) is 0 Å². The van der Waals surface area contributed by atoms with Crippen LogP contribution in [0.2, 0.25) is 0 Å². The van der Waals surface area contributed by atoms with Crippen LogP contribution in [0.3, 0.4) is 0 Å². The van der Waals surface area contributed by atoms with Crippen molar-refractivity contribution in [2.24, 2.45) is 11.7 Å². The Labute approximate surface area is 96.2 Å². The van der Waals surface area contributed by atoms with Gasteiger partial charge in [0.15, 0.2) is 0 Å². The molecule has 0 spiro atoms. The third kappa shape index (κ3) is 2.19. The third-order valence-electron chi connectivity index (χ3n) is 3.67. The molecule has 1 saturated carbocycles. The number of anilines is 1. The van der Waals surface area contributed by atoms with Gasteiger partial charge in [0.1, 0.15) is 5.82 Å². The highest BCUT2D eigenvalue weighted by atomic mass is 19.1. The maximum atomic E-state index is 12.8. The number of halogens is 1. The molecule has 0 amide bonds. The molecular formula is C13H19FN2. The first kappa shape index (κ1) is 11.4. The maximum absolute atomic E-state index is 12.8. The van der Waals surface area contributed by atoms with Crippen molar-refractivity contribution in [2.45, 2.75) is 25.3 Å². The number of hydrogen-bond acceptors (Lipinski definition) is 2. The van der Waals surface area contributed by atoms with E-state index >= 15 is 0 Å². The Morgan fingerprint density at radius 2 is 2.00 bits per heavy atom. The molecule has 0 radical (unpaired) electrons. The molecule has 0 bridgehead atoms. The summed E-state index contributed by atoms with van der Waals surface area (Å²) in [5, 5.41) is 0. The standard InChI is InChI=1S/C13H19FN2/c1-16(12-7-5-11(14)6-8-12)13(9-15)10-3-2-4-10/h5-8,10,13H,2-4,9,15H2,1H3. The van der Waals surface area contributed by atoms with Crippen LogP contribution in [0.1, 0.15) is 19.3 Å². The number of nitrogens with zero attached hydrogens (tertiary/aromatic N) is 1. The molecule has 0 saturated heterocycles. The summed E-state index contributed by atoms with van der Waals surface area (Å²) in [7, 11) is 2.04. The lowest BCUT2D eigenvalue weighted by molar-refractivity contribution is 0.260. The molecule has 0 aromatic heterocycles. The normalized spacial score (nSPS) is 17.9. The molecule has 1 aromatic rings. The smallest absolute Gasteiger partial charge is 0.123 e. The maximum Gasteiger partial charge on any atom is 0.123 e. The third-order valence-corrected chi connectivity index (χ3v) is 3.67. The molecule has 2 rings (SSSR count). The Balaban J connectivity index is 2.09. The van der Waals surface area contributed by atoms with Crippen LogP contribution in [0.4, 0.5) is 10.1 Å². The molecule has 16 heavy (non-hydrogen) atoms. The van der Waals surface area contributed by atoms with E-state index in [4.69, 9.17) is 5.73 Å². The van der Waals surface area contributed by atoms with Gasteiger partial charge in [-0.15, -0.1) is 0 Å². The predicted molar refractivity (Wildman–Crippen MR) is 65.0 cm³/mol. The van der Waals surface area contributed by atoms with Crippen LogP contribution in [0.5, 0.6) is 0 Å². The number of rotatable bonds is 4. The van der Waals surface area contributed by atoms with Gasteiger partial charge < -0.3 is 10.6 Å². The van der Waals surface area contributed by atoms with Gasteiger partial charge >= 0.3 is 0 Å². The molecule has 3 heteroatoms. The van der Waals surface area contributed by atoms with Gasteiger partial charge in [0.25, 0.3) is 0 Å². The highest BCUT2D eigenvalue weighted by Gasteiger charge is 2.29. The average molecular weight is 222 g/mol. The molecule has 1 aliphatic carbocycles. The second-order valence-electron chi connectivity index (χ2n) is 4.58. The lowest BCUT2D eigenvalue weighted by Gasteiger charge is -2.40. The summed E-state index contributed by atoms with van der Waals surface area (Å²) in [4.78, 5) is 2.18. The van der Waals surface area contributed by atoms with Crippen molar-refractivity contribution in [1.29, 1.82) is 0 Å². The van der Waals surface area contributed by atoms with Gasteiger partial charge in [-0.05, 0) is 43.0 Å². The van der Waals surface area contributed by atoms with Crippen molar-refractivity contribution < 1.29 is 4.39 Å². The van der Waals surface area contributed by atoms with Gasteiger partial charge in [0.2, 0.25) is 0 Å². The summed E-state index contributed by atoms with van der Waals surface area (Å²) < 4.78 is 12.8. The van der Waals surface area contributed by atoms with E-state index in [1.807, 2.05) is 19.2 Å². The highest BCUT2D eigenvalue weighted by molar-refractivity contribution is 5.46. The minimum absolute atomic E-state index is 0.190. The van der Waals surface area contributed by atoms with E-state index in [-0.39, 0.29) is 5.82 Å². The van der Waals surface area contributed by atoms with Gasteiger partial charge in [-0.25, -0.2) is 4.39 Å². The van der Waals surface area contributed by atoms with Gasteiger partial charge in [-0.1, -0.05) is 6.42 Å². The largest absolute Gasteiger partial charge is 0.370 e. The fourth-order valence-corrected chi connectivity index (χ4v) is 2.36. The van der Waals surface area contributed by atoms with E-state index in [1.165, 1.54) is 31.4 Å². The number of benzene rings is 1. The van der Waals surface area contributed by atoms with E-state index in [1.54, 1.807) is 0 Å².